The van der Waals surface area contributed by atoms with Gasteiger partial charge in [0.1, 0.15) is 5.76 Å². The fraction of sp³-hybridized carbons (Fsp3) is 0.500. The van der Waals surface area contributed by atoms with Crippen LogP contribution in [0.2, 0.25) is 0 Å². The quantitative estimate of drug-likeness (QED) is 0.877. The minimum Gasteiger partial charge on any atom is -0.509 e. The van der Waals surface area contributed by atoms with Gasteiger partial charge in [0.15, 0.2) is 0 Å². The minimum atomic E-state index is -0.727. The number of carbonyl (C=O) groups excluding carboxylic acids is 1. The molecule has 4 nitrogen and oxygen atoms in total. The standard InChI is InChI=1S/C18H25NO3/c1-11-6-7-12(2)14(10-11)15-16(20)18(4,19-17(15)21)9-8-13(3)22-5/h6-7,10,13,20H,8-9H2,1-5H3,(H,19,21)/t13-,18?/m0/s1. The first-order valence-corrected chi connectivity index (χ1v) is 7.65. The van der Waals surface area contributed by atoms with Crippen molar-refractivity contribution in [3.63, 3.8) is 0 Å². The summed E-state index contributed by atoms with van der Waals surface area (Å²) in [5, 5.41) is 13.6. The van der Waals surface area contributed by atoms with Gasteiger partial charge in [0, 0.05) is 7.11 Å². The summed E-state index contributed by atoms with van der Waals surface area (Å²) in [6.07, 6.45) is 1.48. The van der Waals surface area contributed by atoms with Gasteiger partial charge < -0.3 is 15.2 Å². The summed E-state index contributed by atoms with van der Waals surface area (Å²) < 4.78 is 5.25. The molecule has 1 aromatic rings. The van der Waals surface area contributed by atoms with Crippen molar-refractivity contribution in [2.45, 2.75) is 52.2 Å². The molecule has 120 valence electrons. The van der Waals surface area contributed by atoms with Crippen LogP contribution in [0, 0.1) is 13.8 Å². The fourth-order valence-corrected chi connectivity index (χ4v) is 2.80. The smallest absolute Gasteiger partial charge is 0.256 e. The van der Waals surface area contributed by atoms with Crippen LogP contribution >= 0.6 is 0 Å². The number of methoxy groups -OCH3 is 1. The largest absolute Gasteiger partial charge is 0.509 e. The van der Waals surface area contributed by atoms with E-state index in [2.05, 4.69) is 5.32 Å². The summed E-state index contributed by atoms with van der Waals surface area (Å²) >= 11 is 0. The van der Waals surface area contributed by atoms with E-state index in [4.69, 9.17) is 4.74 Å². The molecule has 0 aromatic heterocycles. The third-order valence-electron chi connectivity index (χ3n) is 4.49. The molecular weight excluding hydrogens is 278 g/mol. The van der Waals surface area contributed by atoms with Crippen molar-refractivity contribution >= 4 is 11.5 Å². The lowest BCUT2D eigenvalue weighted by Crippen LogP contribution is -2.42. The highest BCUT2D eigenvalue weighted by Crippen LogP contribution is 2.36. The van der Waals surface area contributed by atoms with E-state index in [0.717, 1.165) is 23.1 Å². The van der Waals surface area contributed by atoms with Crippen LogP contribution in [0.3, 0.4) is 0 Å². The summed E-state index contributed by atoms with van der Waals surface area (Å²) in [5.74, 6) is -0.0757. The van der Waals surface area contributed by atoms with Gasteiger partial charge in [-0.3, -0.25) is 4.79 Å². The van der Waals surface area contributed by atoms with Gasteiger partial charge in [0.25, 0.3) is 5.91 Å². The summed E-state index contributed by atoms with van der Waals surface area (Å²) in [7, 11) is 1.66. The number of carbonyl (C=O) groups is 1. The Balaban J connectivity index is 2.38. The first kappa shape index (κ1) is 16.6. The van der Waals surface area contributed by atoms with E-state index in [1.807, 2.05) is 45.9 Å². The fourth-order valence-electron chi connectivity index (χ4n) is 2.80. The average Bonchev–Trinajstić information content (AvgIpc) is 2.70. The number of aliphatic hydroxyl groups is 1. The first-order chi connectivity index (χ1) is 10.3. The summed E-state index contributed by atoms with van der Waals surface area (Å²) in [5.41, 5.74) is 2.52. The Morgan fingerprint density at radius 1 is 1.36 bits per heavy atom. The Kier molecular flexibility index (Phi) is 4.61. The van der Waals surface area contributed by atoms with Gasteiger partial charge in [-0.1, -0.05) is 23.8 Å². The molecule has 0 saturated heterocycles. The minimum absolute atomic E-state index is 0.0892. The van der Waals surface area contributed by atoms with Crippen LogP contribution in [0.5, 0.6) is 0 Å². The second kappa shape index (κ2) is 6.13. The van der Waals surface area contributed by atoms with Crippen molar-refractivity contribution in [3.8, 4) is 0 Å². The molecule has 0 bridgehead atoms. The third kappa shape index (κ3) is 3.02. The molecule has 1 heterocycles. The van der Waals surface area contributed by atoms with Gasteiger partial charge in [0.05, 0.1) is 17.2 Å². The zero-order chi connectivity index (χ0) is 16.5. The Hall–Kier alpha value is -1.81. The monoisotopic (exact) mass is 303 g/mol. The molecule has 22 heavy (non-hydrogen) atoms. The second-order valence-corrected chi connectivity index (χ2v) is 6.41. The van der Waals surface area contributed by atoms with E-state index >= 15 is 0 Å². The number of rotatable bonds is 5. The van der Waals surface area contributed by atoms with Crippen LogP contribution in [-0.4, -0.2) is 29.8 Å². The molecule has 0 fully saturated rings. The van der Waals surface area contributed by atoms with Crippen molar-refractivity contribution < 1.29 is 14.6 Å². The van der Waals surface area contributed by atoms with E-state index in [0.29, 0.717) is 12.0 Å². The Morgan fingerprint density at radius 3 is 2.68 bits per heavy atom. The predicted molar refractivity (Wildman–Crippen MR) is 87.7 cm³/mol. The average molecular weight is 303 g/mol. The van der Waals surface area contributed by atoms with Crippen molar-refractivity contribution in [1.82, 2.24) is 5.32 Å². The van der Waals surface area contributed by atoms with Gasteiger partial charge in [-0.15, -0.1) is 0 Å². The van der Waals surface area contributed by atoms with E-state index in [1.54, 1.807) is 7.11 Å². The van der Waals surface area contributed by atoms with Gasteiger partial charge in [0.2, 0.25) is 0 Å². The zero-order valence-electron chi connectivity index (χ0n) is 14.0. The highest BCUT2D eigenvalue weighted by molar-refractivity contribution is 6.23. The molecule has 4 heteroatoms. The number of nitrogens with one attached hydrogen (secondary N) is 1. The van der Waals surface area contributed by atoms with Gasteiger partial charge in [-0.05, 0) is 51.7 Å². The molecule has 0 spiro atoms. The molecule has 2 atom stereocenters. The molecule has 1 aliphatic rings. The van der Waals surface area contributed by atoms with Crippen LogP contribution < -0.4 is 5.32 Å². The molecule has 2 N–H and O–H groups in total. The number of amides is 1. The molecule has 1 amide bonds. The number of hydrogen-bond donors (Lipinski definition) is 2. The van der Waals surface area contributed by atoms with Crippen molar-refractivity contribution in [2.24, 2.45) is 0 Å². The Morgan fingerprint density at radius 2 is 2.05 bits per heavy atom. The maximum absolute atomic E-state index is 12.4. The number of benzene rings is 1. The van der Waals surface area contributed by atoms with E-state index < -0.39 is 5.54 Å². The van der Waals surface area contributed by atoms with Gasteiger partial charge >= 0.3 is 0 Å². The molecule has 0 radical (unpaired) electrons. The summed E-state index contributed by atoms with van der Waals surface area (Å²) in [6.45, 7) is 7.77. The molecule has 0 aliphatic carbocycles. The summed E-state index contributed by atoms with van der Waals surface area (Å²) in [6, 6.07) is 5.92. The highest BCUT2D eigenvalue weighted by Gasteiger charge is 2.42. The van der Waals surface area contributed by atoms with Gasteiger partial charge in [-0.2, -0.15) is 0 Å². The maximum atomic E-state index is 12.4. The molecule has 2 rings (SSSR count). The number of hydrogen-bond acceptors (Lipinski definition) is 3. The molecule has 1 unspecified atom stereocenters. The SMILES string of the molecule is CO[C@@H](C)CCC1(C)NC(=O)C(c2cc(C)ccc2C)=C1O. The maximum Gasteiger partial charge on any atom is 0.256 e. The lowest BCUT2D eigenvalue weighted by Gasteiger charge is -2.26. The third-order valence-corrected chi connectivity index (χ3v) is 4.49. The lowest BCUT2D eigenvalue weighted by atomic mass is 9.90. The Labute approximate surface area is 132 Å². The van der Waals surface area contributed by atoms with E-state index in [1.165, 1.54) is 0 Å². The van der Waals surface area contributed by atoms with Crippen LogP contribution in [0.1, 0.15) is 43.4 Å². The number of ether oxygens (including phenoxy) is 1. The van der Waals surface area contributed by atoms with Crippen molar-refractivity contribution in [1.29, 1.82) is 0 Å². The normalized spacial score (nSPS) is 22.9. The van der Waals surface area contributed by atoms with Crippen LogP contribution in [0.15, 0.2) is 24.0 Å². The van der Waals surface area contributed by atoms with E-state index in [9.17, 15) is 9.90 Å². The first-order valence-electron chi connectivity index (χ1n) is 7.65. The topological polar surface area (TPSA) is 58.6 Å². The van der Waals surface area contributed by atoms with Gasteiger partial charge in [-0.25, -0.2) is 0 Å². The predicted octanol–water partition coefficient (Wildman–Crippen LogP) is 3.28. The zero-order valence-corrected chi connectivity index (χ0v) is 14.0. The second-order valence-electron chi connectivity index (χ2n) is 6.41. The van der Waals surface area contributed by atoms with Crippen molar-refractivity contribution in [3.05, 3.63) is 40.6 Å². The van der Waals surface area contributed by atoms with Crippen LogP contribution in [0.25, 0.3) is 5.57 Å². The number of aliphatic hydroxyl groups excluding tert-OH is 1. The molecule has 0 saturated carbocycles. The van der Waals surface area contributed by atoms with Crippen molar-refractivity contribution in [2.75, 3.05) is 7.11 Å². The molecule has 1 aromatic carbocycles. The van der Waals surface area contributed by atoms with Crippen LogP contribution in [-0.2, 0) is 9.53 Å². The van der Waals surface area contributed by atoms with Crippen LogP contribution in [0.4, 0.5) is 0 Å². The molecular formula is C18H25NO3. The highest BCUT2D eigenvalue weighted by atomic mass is 16.5. The Bertz CT molecular complexity index is 621. The van der Waals surface area contributed by atoms with E-state index in [-0.39, 0.29) is 17.8 Å². The summed E-state index contributed by atoms with van der Waals surface area (Å²) in [4.78, 5) is 12.4. The number of aryl methyl sites for hydroxylation is 2. The lowest BCUT2D eigenvalue weighted by molar-refractivity contribution is -0.116. The molecule has 1 aliphatic heterocycles.